The Kier molecular flexibility index (Phi) is 7.96. The Bertz CT molecular complexity index is 1540. The van der Waals surface area contributed by atoms with E-state index >= 15 is 0 Å². The van der Waals surface area contributed by atoms with Crippen LogP contribution in [0.2, 0.25) is 0 Å². The minimum absolute atomic E-state index is 0.0105. The third kappa shape index (κ3) is 6.42. The SMILES string of the molecule is CS(=O)(=O)c1cccc(OCC(O)CN[C@H]2COC3(CCN(S(=O)(=O)c4ccc5ncccc5c4)CC3)C2)c1. The molecule has 2 fully saturated rings. The van der Waals surface area contributed by atoms with Crippen molar-refractivity contribution in [2.75, 3.05) is 39.1 Å². The molecular formula is C27H33N3O7S2. The molecule has 3 heterocycles. The van der Waals surface area contributed by atoms with Crippen molar-refractivity contribution >= 4 is 30.8 Å². The van der Waals surface area contributed by atoms with Gasteiger partial charge in [-0.2, -0.15) is 4.31 Å². The van der Waals surface area contributed by atoms with Crippen LogP contribution in [0, 0.1) is 0 Å². The molecule has 39 heavy (non-hydrogen) atoms. The molecule has 1 unspecified atom stereocenters. The number of hydrogen-bond donors (Lipinski definition) is 2. The monoisotopic (exact) mass is 575 g/mol. The standard InChI is InChI=1S/C27H33N3O7S2/c1-38(32,33)24-6-2-5-23(15-24)36-19-22(31)17-29-21-16-27(37-18-21)9-12-30(13-10-27)39(34,35)25-7-8-26-20(14-25)4-3-11-28-26/h2-8,11,14-15,21-22,29,31H,9-10,12-13,16-19H2,1H3/t21-,22?/m1/s1. The third-order valence-electron chi connectivity index (χ3n) is 7.37. The molecule has 1 spiro atoms. The summed E-state index contributed by atoms with van der Waals surface area (Å²) >= 11 is 0. The number of nitrogens with zero attached hydrogens (tertiary/aromatic N) is 2. The van der Waals surface area contributed by atoms with Crippen LogP contribution in [-0.2, 0) is 24.6 Å². The van der Waals surface area contributed by atoms with E-state index in [1.807, 2.05) is 6.07 Å². The highest BCUT2D eigenvalue weighted by Gasteiger charge is 2.44. The lowest BCUT2D eigenvalue weighted by Gasteiger charge is -2.38. The number of sulfonamides is 1. The zero-order valence-corrected chi connectivity index (χ0v) is 23.3. The maximum absolute atomic E-state index is 13.3. The van der Waals surface area contributed by atoms with Crippen LogP contribution in [0.25, 0.3) is 10.9 Å². The maximum atomic E-state index is 13.3. The molecule has 5 rings (SSSR count). The summed E-state index contributed by atoms with van der Waals surface area (Å²) in [6, 6.07) is 14.9. The Morgan fingerprint density at radius 2 is 1.90 bits per heavy atom. The van der Waals surface area contributed by atoms with E-state index in [0.717, 1.165) is 23.6 Å². The largest absolute Gasteiger partial charge is 0.491 e. The highest BCUT2D eigenvalue weighted by atomic mass is 32.2. The summed E-state index contributed by atoms with van der Waals surface area (Å²) in [5.41, 5.74) is 0.370. The lowest BCUT2D eigenvalue weighted by atomic mass is 9.88. The Hall–Kier alpha value is -2.61. The zero-order chi connectivity index (χ0) is 27.7. The predicted octanol–water partition coefficient (Wildman–Crippen LogP) is 1.98. The van der Waals surface area contributed by atoms with E-state index in [0.29, 0.717) is 38.3 Å². The van der Waals surface area contributed by atoms with Crippen molar-refractivity contribution in [2.45, 2.75) is 46.8 Å². The lowest BCUT2D eigenvalue weighted by Crippen LogP contribution is -2.47. The molecule has 0 aliphatic carbocycles. The van der Waals surface area contributed by atoms with Gasteiger partial charge in [-0.15, -0.1) is 0 Å². The van der Waals surface area contributed by atoms with E-state index in [1.165, 1.54) is 16.4 Å². The van der Waals surface area contributed by atoms with Crippen LogP contribution >= 0.6 is 0 Å². The van der Waals surface area contributed by atoms with Gasteiger partial charge in [0, 0.05) is 43.5 Å². The molecule has 0 bridgehead atoms. The number of ether oxygens (including phenoxy) is 2. The molecule has 10 nitrogen and oxygen atoms in total. The van der Waals surface area contributed by atoms with Gasteiger partial charge in [0.05, 0.1) is 27.5 Å². The van der Waals surface area contributed by atoms with Gasteiger partial charge in [0.1, 0.15) is 18.5 Å². The van der Waals surface area contributed by atoms with Gasteiger partial charge in [-0.05, 0) is 61.7 Å². The number of benzene rings is 2. The number of aliphatic hydroxyl groups excluding tert-OH is 1. The van der Waals surface area contributed by atoms with Crippen molar-refractivity contribution in [3.63, 3.8) is 0 Å². The molecule has 2 saturated heterocycles. The van der Waals surface area contributed by atoms with Crippen molar-refractivity contribution in [3.05, 3.63) is 60.8 Å². The highest BCUT2D eigenvalue weighted by molar-refractivity contribution is 7.90. The van der Waals surface area contributed by atoms with Crippen molar-refractivity contribution in [3.8, 4) is 5.75 Å². The molecule has 3 aromatic rings. The first kappa shape index (κ1) is 27.9. The van der Waals surface area contributed by atoms with E-state index < -0.39 is 26.0 Å². The van der Waals surface area contributed by atoms with E-state index in [4.69, 9.17) is 9.47 Å². The second-order valence-electron chi connectivity index (χ2n) is 10.3. The number of hydrogen-bond acceptors (Lipinski definition) is 9. The van der Waals surface area contributed by atoms with E-state index in [9.17, 15) is 21.9 Å². The van der Waals surface area contributed by atoms with E-state index in [1.54, 1.807) is 42.6 Å². The summed E-state index contributed by atoms with van der Waals surface area (Å²) in [6.45, 7) is 1.53. The Balaban J connectivity index is 1.10. The van der Waals surface area contributed by atoms with Gasteiger partial charge in [0.2, 0.25) is 10.0 Å². The molecule has 0 amide bonds. The number of sulfone groups is 1. The average Bonchev–Trinajstić information content (AvgIpc) is 3.32. The summed E-state index contributed by atoms with van der Waals surface area (Å²) in [7, 11) is -6.96. The highest BCUT2D eigenvalue weighted by Crippen LogP contribution is 2.37. The second kappa shape index (κ2) is 11.1. The smallest absolute Gasteiger partial charge is 0.243 e. The van der Waals surface area contributed by atoms with Gasteiger partial charge in [-0.3, -0.25) is 4.98 Å². The van der Waals surface area contributed by atoms with Gasteiger partial charge in [-0.25, -0.2) is 16.8 Å². The molecule has 2 aliphatic rings. The van der Waals surface area contributed by atoms with Crippen molar-refractivity contribution < 1.29 is 31.4 Å². The fourth-order valence-corrected chi connectivity index (χ4v) is 7.30. The first-order chi connectivity index (χ1) is 18.5. The number of pyridine rings is 1. The molecule has 2 aliphatic heterocycles. The van der Waals surface area contributed by atoms with Crippen LogP contribution in [0.3, 0.4) is 0 Å². The second-order valence-corrected chi connectivity index (χ2v) is 14.2. The molecule has 12 heteroatoms. The van der Waals surface area contributed by atoms with Crippen molar-refractivity contribution in [1.82, 2.24) is 14.6 Å². The van der Waals surface area contributed by atoms with E-state index in [2.05, 4.69) is 10.3 Å². The summed E-state index contributed by atoms with van der Waals surface area (Å²) in [6.07, 6.45) is 3.94. The summed E-state index contributed by atoms with van der Waals surface area (Å²) < 4.78 is 63.3. The number of fused-ring (bicyclic) bond motifs is 1. The number of aromatic nitrogens is 1. The first-order valence-electron chi connectivity index (χ1n) is 12.9. The van der Waals surface area contributed by atoms with Gasteiger partial charge < -0.3 is 19.9 Å². The first-order valence-corrected chi connectivity index (χ1v) is 16.2. The fourth-order valence-electron chi connectivity index (χ4n) is 5.17. The van der Waals surface area contributed by atoms with Crippen molar-refractivity contribution in [1.29, 1.82) is 0 Å². The van der Waals surface area contributed by atoms with Crippen LogP contribution in [0.1, 0.15) is 19.3 Å². The van der Waals surface area contributed by atoms with Crippen LogP contribution < -0.4 is 10.1 Å². The summed E-state index contributed by atoms with van der Waals surface area (Å²) in [5, 5.41) is 14.5. The van der Waals surface area contributed by atoms with Crippen LogP contribution in [-0.4, -0.2) is 88.1 Å². The van der Waals surface area contributed by atoms with Gasteiger partial charge >= 0.3 is 0 Å². The molecule has 0 saturated carbocycles. The molecular weight excluding hydrogens is 542 g/mol. The summed E-state index contributed by atoms with van der Waals surface area (Å²) in [4.78, 5) is 4.69. The molecule has 2 atom stereocenters. The van der Waals surface area contributed by atoms with E-state index in [-0.39, 0.29) is 34.6 Å². The van der Waals surface area contributed by atoms with Crippen LogP contribution in [0.5, 0.6) is 5.75 Å². The molecule has 1 aromatic heterocycles. The molecule has 2 N–H and O–H groups in total. The topological polar surface area (TPSA) is 135 Å². The number of rotatable bonds is 9. The van der Waals surface area contributed by atoms with Gasteiger partial charge in [0.15, 0.2) is 9.84 Å². The predicted molar refractivity (Wildman–Crippen MR) is 146 cm³/mol. The quantitative estimate of drug-likeness (QED) is 0.393. The van der Waals surface area contributed by atoms with Crippen LogP contribution in [0.4, 0.5) is 0 Å². The third-order valence-corrected chi connectivity index (χ3v) is 10.4. The number of nitrogens with one attached hydrogen (secondary N) is 1. The molecule has 0 radical (unpaired) electrons. The zero-order valence-electron chi connectivity index (χ0n) is 21.7. The maximum Gasteiger partial charge on any atom is 0.243 e. The van der Waals surface area contributed by atoms with Crippen LogP contribution in [0.15, 0.2) is 70.6 Å². The fraction of sp³-hybridized carbons (Fsp3) is 0.444. The minimum atomic E-state index is -3.62. The molecule has 210 valence electrons. The van der Waals surface area contributed by atoms with Gasteiger partial charge in [0.25, 0.3) is 0 Å². The lowest BCUT2D eigenvalue weighted by molar-refractivity contribution is -0.0312. The average molecular weight is 576 g/mol. The Morgan fingerprint density at radius 1 is 1.10 bits per heavy atom. The number of aliphatic hydroxyl groups is 1. The Morgan fingerprint density at radius 3 is 2.67 bits per heavy atom. The molecule has 2 aromatic carbocycles. The Labute approximate surface area is 228 Å². The minimum Gasteiger partial charge on any atom is -0.491 e. The van der Waals surface area contributed by atoms with Crippen molar-refractivity contribution in [2.24, 2.45) is 0 Å². The summed E-state index contributed by atoms with van der Waals surface area (Å²) in [5.74, 6) is 0.377. The number of piperidine rings is 1. The normalized spacial score (nSPS) is 20.8. The van der Waals surface area contributed by atoms with Gasteiger partial charge in [-0.1, -0.05) is 12.1 Å².